The van der Waals surface area contributed by atoms with Crippen molar-refractivity contribution in [1.82, 2.24) is 25.1 Å². The fraction of sp³-hybridized carbons (Fsp3) is 0.440. The predicted octanol–water partition coefficient (Wildman–Crippen LogP) is 3.19. The molecule has 2 heterocycles. The molecule has 0 saturated heterocycles. The van der Waals surface area contributed by atoms with Crippen molar-refractivity contribution in [3.63, 3.8) is 0 Å². The summed E-state index contributed by atoms with van der Waals surface area (Å²) < 4.78 is 5.71. The van der Waals surface area contributed by atoms with Gasteiger partial charge in [0.2, 0.25) is 11.9 Å². The van der Waals surface area contributed by atoms with Gasteiger partial charge in [0.15, 0.2) is 5.65 Å². The van der Waals surface area contributed by atoms with Crippen LogP contribution in [0, 0.1) is 5.92 Å². The van der Waals surface area contributed by atoms with Crippen molar-refractivity contribution in [3.8, 4) is 5.75 Å². The molecule has 0 radical (unpaired) electrons. The molecule has 190 valence electrons. The van der Waals surface area contributed by atoms with Gasteiger partial charge in [0, 0.05) is 31.7 Å². The smallest absolute Gasteiger partial charge is 0.247 e. The van der Waals surface area contributed by atoms with E-state index in [0.717, 1.165) is 35.9 Å². The van der Waals surface area contributed by atoms with Gasteiger partial charge in [0.05, 0.1) is 35.8 Å². The molecule has 11 heteroatoms. The van der Waals surface area contributed by atoms with Gasteiger partial charge in [-0.1, -0.05) is 6.58 Å². The molecule has 3 aliphatic carbocycles. The summed E-state index contributed by atoms with van der Waals surface area (Å²) in [6.07, 6.45) is 6.54. The van der Waals surface area contributed by atoms with Crippen molar-refractivity contribution in [1.29, 1.82) is 0 Å². The Morgan fingerprint density at radius 1 is 1.22 bits per heavy atom. The number of nitrogens with one attached hydrogen (secondary N) is 4. The van der Waals surface area contributed by atoms with Crippen LogP contribution in [0.15, 0.2) is 31.0 Å². The molecule has 2 bridgehead atoms. The Morgan fingerprint density at radius 3 is 2.64 bits per heavy atom. The van der Waals surface area contributed by atoms with Crippen LogP contribution in [0.25, 0.3) is 11.0 Å². The SMILES string of the molecule is C=CC(=O)Nc1cc(Nc2nc(NC34CC(C3)C4)c3cn[nH]c3n2)c(OC)cc1N(C)CCN(C)C. The third-order valence-corrected chi connectivity index (χ3v) is 7.03. The van der Waals surface area contributed by atoms with Crippen LogP contribution in [-0.2, 0) is 4.79 Å². The summed E-state index contributed by atoms with van der Waals surface area (Å²) in [4.78, 5) is 25.8. The van der Waals surface area contributed by atoms with Crippen molar-refractivity contribution < 1.29 is 9.53 Å². The number of methoxy groups -OCH3 is 1. The number of ether oxygens (including phenoxy) is 1. The predicted molar refractivity (Wildman–Crippen MR) is 142 cm³/mol. The molecule has 0 atom stereocenters. The molecule has 0 aliphatic heterocycles. The summed E-state index contributed by atoms with van der Waals surface area (Å²) in [6.45, 7) is 5.20. The molecule has 3 aromatic rings. The number of anilines is 5. The third kappa shape index (κ3) is 4.53. The Bertz CT molecular complexity index is 1290. The van der Waals surface area contributed by atoms with E-state index in [1.54, 1.807) is 13.3 Å². The van der Waals surface area contributed by atoms with Crippen molar-refractivity contribution in [3.05, 3.63) is 31.0 Å². The van der Waals surface area contributed by atoms with Gasteiger partial charge in [-0.05, 0) is 51.4 Å². The molecular weight excluding hydrogens is 458 g/mol. The fourth-order valence-corrected chi connectivity index (χ4v) is 4.89. The third-order valence-electron chi connectivity index (χ3n) is 7.03. The monoisotopic (exact) mass is 491 g/mol. The standard InChI is InChI=1S/C25H33N9O2/c1-6-21(35)27-17-9-18(20(36-5)10-19(17)34(4)8-7-33(2)3)28-24-29-22(16-14-26-32-23(16)30-24)31-25-11-15(12-25)13-25/h6,9-10,14-15H,1,7-8,11-13H2,2-5H3,(H,27,35)(H3,26,28,29,30,31,32). The number of amides is 1. The lowest BCUT2D eigenvalue weighted by Crippen LogP contribution is -2.63. The van der Waals surface area contributed by atoms with Gasteiger partial charge in [0.25, 0.3) is 0 Å². The second-order valence-corrected chi connectivity index (χ2v) is 10.0. The summed E-state index contributed by atoms with van der Waals surface area (Å²) in [6, 6.07) is 3.73. The van der Waals surface area contributed by atoms with Crippen molar-refractivity contribution in [2.45, 2.75) is 24.8 Å². The average molecular weight is 492 g/mol. The minimum atomic E-state index is -0.298. The highest BCUT2D eigenvalue weighted by Gasteiger charge is 2.56. The molecule has 6 rings (SSSR count). The quantitative estimate of drug-likeness (QED) is 0.299. The van der Waals surface area contributed by atoms with Crippen LogP contribution in [-0.4, -0.2) is 77.9 Å². The summed E-state index contributed by atoms with van der Waals surface area (Å²) in [5.74, 6) is 2.30. The van der Waals surface area contributed by atoms with Gasteiger partial charge >= 0.3 is 0 Å². The molecular formula is C25H33N9O2. The van der Waals surface area contributed by atoms with E-state index in [1.165, 1.54) is 25.3 Å². The first-order valence-corrected chi connectivity index (χ1v) is 12.1. The lowest BCUT2D eigenvalue weighted by Gasteiger charge is -2.62. The van der Waals surface area contributed by atoms with E-state index >= 15 is 0 Å². The average Bonchev–Trinajstić information content (AvgIpc) is 3.27. The van der Waals surface area contributed by atoms with Gasteiger partial charge in [-0.15, -0.1) is 0 Å². The largest absolute Gasteiger partial charge is 0.494 e. The zero-order valence-electron chi connectivity index (χ0n) is 21.2. The number of fused-ring (bicyclic) bond motifs is 1. The number of H-pyrrole nitrogens is 1. The van der Waals surface area contributed by atoms with Crippen LogP contribution >= 0.6 is 0 Å². The normalized spacial score (nSPS) is 19.9. The number of hydrogen-bond acceptors (Lipinski definition) is 9. The first kappa shape index (κ1) is 23.9. The fourth-order valence-electron chi connectivity index (χ4n) is 4.89. The van der Waals surface area contributed by atoms with E-state index in [4.69, 9.17) is 9.72 Å². The number of benzene rings is 1. The van der Waals surface area contributed by atoms with Gasteiger partial charge in [-0.25, -0.2) is 0 Å². The molecule has 1 amide bonds. The maximum absolute atomic E-state index is 12.2. The van der Waals surface area contributed by atoms with E-state index in [9.17, 15) is 4.79 Å². The molecule has 4 N–H and O–H groups in total. The molecule has 1 aromatic carbocycles. The van der Waals surface area contributed by atoms with E-state index in [2.05, 4.69) is 47.5 Å². The Morgan fingerprint density at radius 2 is 2.00 bits per heavy atom. The topological polar surface area (TPSA) is 123 Å². The second-order valence-electron chi connectivity index (χ2n) is 10.0. The van der Waals surface area contributed by atoms with E-state index in [0.29, 0.717) is 28.7 Å². The number of carbonyl (C=O) groups excluding carboxylic acids is 1. The molecule has 36 heavy (non-hydrogen) atoms. The van der Waals surface area contributed by atoms with Crippen LogP contribution in [0.3, 0.4) is 0 Å². The summed E-state index contributed by atoms with van der Waals surface area (Å²) in [7, 11) is 7.64. The molecule has 0 unspecified atom stereocenters. The van der Waals surface area contributed by atoms with Crippen molar-refractivity contribution in [2.24, 2.45) is 5.92 Å². The molecule has 3 aliphatic rings. The van der Waals surface area contributed by atoms with Gasteiger partial charge in [-0.3, -0.25) is 9.89 Å². The number of rotatable bonds is 11. The Hall–Kier alpha value is -3.86. The van der Waals surface area contributed by atoms with Gasteiger partial charge in [-0.2, -0.15) is 15.1 Å². The van der Waals surface area contributed by atoms with E-state index in [-0.39, 0.29) is 11.4 Å². The van der Waals surface area contributed by atoms with Crippen LogP contribution in [0.2, 0.25) is 0 Å². The molecule has 11 nitrogen and oxygen atoms in total. The number of aromatic nitrogens is 4. The molecule has 2 aromatic heterocycles. The van der Waals surface area contributed by atoms with Crippen LogP contribution < -0.4 is 25.6 Å². The summed E-state index contributed by atoms with van der Waals surface area (Å²) >= 11 is 0. The summed E-state index contributed by atoms with van der Waals surface area (Å²) in [5.41, 5.74) is 2.86. The van der Waals surface area contributed by atoms with Crippen LogP contribution in [0.1, 0.15) is 19.3 Å². The maximum atomic E-state index is 12.2. The Labute approximate surface area is 210 Å². The lowest BCUT2D eigenvalue weighted by atomic mass is 9.50. The van der Waals surface area contributed by atoms with Crippen LogP contribution in [0.5, 0.6) is 5.75 Å². The zero-order chi connectivity index (χ0) is 25.4. The second kappa shape index (κ2) is 9.30. The minimum Gasteiger partial charge on any atom is -0.494 e. The van der Waals surface area contributed by atoms with Crippen molar-refractivity contribution in [2.75, 3.05) is 62.2 Å². The highest BCUT2D eigenvalue weighted by molar-refractivity contribution is 6.02. The number of hydrogen-bond donors (Lipinski definition) is 4. The Kier molecular flexibility index (Phi) is 6.17. The van der Waals surface area contributed by atoms with Gasteiger partial charge in [0.1, 0.15) is 11.6 Å². The Balaban J connectivity index is 1.48. The first-order chi connectivity index (χ1) is 17.3. The number of aromatic amines is 1. The van der Waals surface area contributed by atoms with Crippen molar-refractivity contribution >= 4 is 45.8 Å². The van der Waals surface area contributed by atoms with Gasteiger partial charge < -0.3 is 30.5 Å². The van der Waals surface area contributed by atoms with E-state index < -0.39 is 0 Å². The highest BCUT2D eigenvalue weighted by atomic mass is 16.5. The maximum Gasteiger partial charge on any atom is 0.247 e. The van der Waals surface area contributed by atoms with E-state index in [1.807, 2.05) is 33.3 Å². The minimum absolute atomic E-state index is 0.152. The summed E-state index contributed by atoms with van der Waals surface area (Å²) in [5, 5.41) is 17.8. The number of nitrogens with zero attached hydrogens (tertiary/aromatic N) is 5. The highest BCUT2D eigenvalue weighted by Crippen LogP contribution is 2.58. The molecule has 0 spiro atoms. The number of likely N-dealkylation sites (N-methyl/N-ethyl adjacent to an activating group) is 2. The number of carbonyl (C=O) groups is 1. The first-order valence-electron chi connectivity index (χ1n) is 12.1. The lowest BCUT2D eigenvalue weighted by molar-refractivity contribution is -0.111. The van der Waals surface area contributed by atoms with Crippen LogP contribution in [0.4, 0.5) is 28.8 Å². The molecule has 3 fully saturated rings. The molecule has 3 saturated carbocycles. The zero-order valence-corrected chi connectivity index (χ0v) is 21.2.